The summed E-state index contributed by atoms with van der Waals surface area (Å²) < 4.78 is 27.2. The Labute approximate surface area is 237 Å². The predicted octanol–water partition coefficient (Wildman–Crippen LogP) is 3.27. The van der Waals surface area contributed by atoms with Gasteiger partial charge in [-0.25, -0.2) is 9.59 Å². The minimum atomic E-state index is -1.16. The fraction of sp³-hybridized carbons (Fsp3) is 0.370. The number of ether oxygens (including phenoxy) is 5. The van der Waals surface area contributed by atoms with Crippen molar-refractivity contribution in [3.63, 3.8) is 0 Å². The van der Waals surface area contributed by atoms with Crippen molar-refractivity contribution in [3.8, 4) is 23.0 Å². The zero-order chi connectivity index (χ0) is 29.2. The van der Waals surface area contributed by atoms with Gasteiger partial charge < -0.3 is 39.4 Å². The molecule has 0 unspecified atom stereocenters. The zero-order valence-corrected chi connectivity index (χ0v) is 23.6. The summed E-state index contributed by atoms with van der Waals surface area (Å²) in [6.45, 7) is 5.87. The first-order chi connectivity index (χ1) is 19.2. The lowest BCUT2D eigenvalue weighted by molar-refractivity contribution is -0.136. The maximum Gasteiger partial charge on any atom is 0.337 e. The third-order valence-electron chi connectivity index (χ3n) is 5.65. The number of amides is 2. The predicted molar refractivity (Wildman–Crippen MR) is 148 cm³/mol. The van der Waals surface area contributed by atoms with Crippen molar-refractivity contribution in [1.82, 2.24) is 16.1 Å². The van der Waals surface area contributed by atoms with Gasteiger partial charge in [0.1, 0.15) is 6.61 Å². The zero-order valence-electron chi connectivity index (χ0n) is 22.9. The summed E-state index contributed by atoms with van der Waals surface area (Å²) in [5.41, 5.74) is 4.44. The van der Waals surface area contributed by atoms with Crippen molar-refractivity contribution in [3.05, 3.63) is 57.8 Å². The van der Waals surface area contributed by atoms with E-state index < -0.39 is 24.3 Å². The first kappa shape index (κ1) is 30.4. The van der Waals surface area contributed by atoms with Gasteiger partial charge in [-0.3, -0.25) is 5.43 Å². The Balaban J connectivity index is 1.69. The van der Waals surface area contributed by atoms with Gasteiger partial charge in [-0.15, -0.1) is 0 Å². The third-order valence-corrected chi connectivity index (χ3v) is 5.93. The van der Waals surface area contributed by atoms with Gasteiger partial charge in [-0.05, 0) is 56.2 Å². The third kappa shape index (κ3) is 7.48. The van der Waals surface area contributed by atoms with Crippen LogP contribution in [-0.4, -0.2) is 63.6 Å². The van der Waals surface area contributed by atoms with Crippen LogP contribution in [0.25, 0.3) is 0 Å². The van der Waals surface area contributed by atoms with E-state index in [1.165, 1.54) is 20.4 Å². The Morgan fingerprint density at radius 1 is 1.12 bits per heavy atom. The van der Waals surface area contributed by atoms with Crippen molar-refractivity contribution in [2.45, 2.75) is 33.0 Å². The number of nitrogens with one attached hydrogen (secondary N) is 3. The van der Waals surface area contributed by atoms with Crippen LogP contribution in [0.1, 0.15) is 37.9 Å². The average Bonchev–Trinajstić information content (AvgIpc) is 2.93. The normalized spacial score (nSPS) is 15.7. The van der Waals surface area contributed by atoms with E-state index in [0.717, 1.165) is 0 Å². The molecule has 2 aromatic rings. The van der Waals surface area contributed by atoms with Crippen molar-refractivity contribution >= 4 is 29.8 Å². The lowest BCUT2D eigenvalue weighted by atomic mass is 9.95. The Hall–Kier alpha value is -4.16. The highest BCUT2D eigenvalue weighted by atomic mass is 35.5. The summed E-state index contributed by atoms with van der Waals surface area (Å²) in [5, 5.41) is 20.1. The van der Waals surface area contributed by atoms with Crippen LogP contribution in [0, 0.1) is 0 Å². The molecule has 0 saturated carbocycles. The van der Waals surface area contributed by atoms with Gasteiger partial charge >= 0.3 is 12.0 Å². The highest BCUT2D eigenvalue weighted by Crippen LogP contribution is 2.36. The topological polar surface area (TPSA) is 149 Å². The van der Waals surface area contributed by atoms with Gasteiger partial charge in [0.05, 0.1) is 50.3 Å². The summed E-state index contributed by atoms with van der Waals surface area (Å²) in [6, 6.07) is 7.13. The number of carbonyl (C=O) groups is 2. The molecule has 4 N–H and O–H groups in total. The lowest BCUT2D eigenvalue weighted by Crippen LogP contribution is -2.45. The van der Waals surface area contributed by atoms with Crippen molar-refractivity contribution in [2.24, 2.45) is 5.10 Å². The number of hydrogen-bond acceptors (Lipinski definition) is 10. The van der Waals surface area contributed by atoms with E-state index in [1.54, 1.807) is 44.2 Å². The average molecular weight is 577 g/mol. The number of carbonyl (C=O) groups excluding carboxylic acids is 2. The lowest BCUT2D eigenvalue weighted by Gasteiger charge is -2.28. The van der Waals surface area contributed by atoms with E-state index in [2.05, 4.69) is 21.2 Å². The summed E-state index contributed by atoms with van der Waals surface area (Å²) >= 11 is 6.28. The monoisotopic (exact) mass is 576 g/mol. The number of allylic oxidation sites excluding steroid dienone is 1. The summed E-state index contributed by atoms with van der Waals surface area (Å²) in [5.74, 6) is 1.03. The number of hydrazone groups is 1. The molecule has 216 valence electrons. The number of aliphatic hydroxyl groups is 1. The van der Waals surface area contributed by atoms with Gasteiger partial charge in [0, 0.05) is 5.70 Å². The molecule has 1 aliphatic rings. The molecule has 0 radical (unpaired) electrons. The number of urea groups is 1. The molecule has 0 aromatic heterocycles. The van der Waals surface area contributed by atoms with Crippen molar-refractivity contribution < 1.29 is 38.4 Å². The standard InChI is InChI=1S/C27H33ClN4O8/c1-6-38-20-12-17(24-23(26(34)37-5)15(3)30-27(35)31-24)8-9-19(20)40-14-22(33)32-29-13-16-10-18(28)25(39-7-2)21(11-16)36-4/h8-13,22,24,32-33H,6-7,14H2,1-5H3,(H2,30,31,35)/b29-13-/t22-,24-/m1/s1. The molecule has 1 aliphatic heterocycles. The van der Waals surface area contributed by atoms with E-state index >= 15 is 0 Å². The largest absolute Gasteiger partial charge is 0.493 e. The van der Waals surface area contributed by atoms with Gasteiger partial charge in [-0.1, -0.05) is 17.7 Å². The highest BCUT2D eigenvalue weighted by molar-refractivity contribution is 6.32. The second-order valence-corrected chi connectivity index (χ2v) is 8.79. The fourth-order valence-electron chi connectivity index (χ4n) is 3.92. The smallest absolute Gasteiger partial charge is 0.337 e. The molecule has 3 rings (SSSR count). The number of nitrogens with zero attached hydrogens (tertiary/aromatic N) is 1. The highest BCUT2D eigenvalue weighted by Gasteiger charge is 2.32. The summed E-state index contributed by atoms with van der Waals surface area (Å²) in [7, 11) is 2.78. The molecule has 0 aliphatic carbocycles. The second-order valence-electron chi connectivity index (χ2n) is 8.38. The van der Waals surface area contributed by atoms with E-state index in [9.17, 15) is 14.7 Å². The number of methoxy groups -OCH3 is 2. The molecule has 1 heterocycles. The van der Waals surface area contributed by atoms with Crippen LogP contribution in [0.4, 0.5) is 4.79 Å². The van der Waals surface area contributed by atoms with Crippen LogP contribution < -0.4 is 35.0 Å². The molecular weight excluding hydrogens is 544 g/mol. The van der Waals surface area contributed by atoms with E-state index in [-0.39, 0.29) is 12.2 Å². The van der Waals surface area contributed by atoms with Crippen LogP contribution >= 0.6 is 11.6 Å². The minimum absolute atomic E-state index is 0.166. The van der Waals surface area contributed by atoms with Crippen molar-refractivity contribution in [2.75, 3.05) is 34.0 Å². The molecule has 0 bridgehead atoms. The molecule has 40 heavy (non-hydrogen) atoms. The minimum Gasteiger partial charge on any atom is -0.493 e. The van der Waals surface area contributed by atoms with Crippen LogP contribution in [0.2, 0.25) is 5.02 Å². The first-order valence-electron chi connectivity index (χ1n) is 12.4. The van der Waals surface area contributed by atoms with Crippen LogP contribution in [0.15, 0.2) is 46.7 Å². The Morgan fingerprint density at radius 3 is 2.55 bits per heavy atom. The van der Waals surface area contributed by atoms with E-state index in [0.29, 0.717) is 58.1 Å². The maximum absolute atomic E-state index is 12.4. The number of aliphatic hydroxyl groups excluding tert-OH is 1. The molecule has 13 heteroatoms. The van der Waals surface area contributed by atoms with Gasteiger partial charge in [0.2, 0.25) is 0 Å². The SMILES string of the molecule is CCOc1cc([C@H]2NC(=O)NC(C)=C2C(=O)OC)ccc1OC[C@@H](O)N/N=C\c1cc(Cl)c(OCC)c(OC)c1. The molecule has 2 amide bonds. The molecular formula is C27H33ClN4O8. The van der Waals surface area contributed by atoms with Gasteiger partial charge in [-0.2, -0.15) is 5.10 Å². The molecule has 2 atom stereocenters. The summed E-state index contributed by atoms with van der Waals surface area (Å²) in [4.78, 5) is 24.5. The number of rotatable bonds is 13. The Kier molecular flexibility index (Phi) is 10.9. The molecule has 12 nitrogen and oxygen atoms in total. The number of benzene rings is 2. The summed E-state index contributed by atoms with van der Waals surface area (Å²) in [6.07, 6.45) is 0.306. The maximum atomic E-state index is 12.4. The molecule has 0 fully saturated rings. The van der Waals surface area contributed by atoms with E-state index in [1.807, 2.05) is 6.92 Å². The van der Waals surface area contributed by atoms with E-state index in [4.69, 9.17) is 35.3 Å². The van der Waals surface area contributed by atoms with Crippen LogP contribution in [-0.2, 0) is 9.53 Å². The molecule has 0 saturated heterocycles. The Morgan fingerprint density at radius 2 is 1.88 bits per heavy atom. The fourth-order valence-corrected chi connectivity index (χ4v) is 4.19. The van der Waals surface area contributed by atoms with Gasteiger partial charge in [0.25, 0.3) is 0 Å². The van der Waals surface area contributed by atoms with Crippen LogP contribution in [0.3, 0.4) is 0 Å². The Bertz CT molecular complexity index is 1280. The second kappa shape index (κ2) is 14.3. The number of esters is 1. The van der Waals surface area contributed by atoms with Gasteiger partial charge in [0.15, 0.2) is 29.2 Å². The quantitative estimate of drug-likeness (QED) is 0.122. The van der Waals surface area contributed by atoms with Crippen LogP contribution in [0.5, 0.6) is 23.0 Å². The number of halogens is 1. The first-order valence-corrected chi connectivity index (χ1v) is 12.8. The molecule has 0 spiro atoms. The molecule has 2 aromatic carbocycles. The number of hydrogen-bond donors (Lipinski definition) is 4. The van der Waals surface area contributed by atoms with Crippen molar-refractivity contribution in [1.29, 1.82) is 0 Å².